The number of aromatic nitrogens is 1. The Morgan fingerprint density at radius 3 is 2.43 bits per heavy atom. The van der Waals surface area contributed by atoms with Crippen LogP contribution < -0.4 is 22.3 Å². The molecule has 1 aromatic heterocycles. The third kappa shape index (κ3) is 5.01. The Hall–Kier alpha value is -3.07. The highest BCUT2D eigenvalue weighted by molar-refractivity contribution is 7.15. The molecule has 0 aliphatic carbocycles. The van der Waals surface area contributed by atoms with E-state index in [1.54, 1.807) is 12.1 Å². The van der Waals surface area contributed by atoms with Gasteiger partial charge in [-0.3, -0.25) is 14.8 Å². The van der Waals surface area contributed by atoms with Crippen molar-refractivity contribution in [3.8, 4) is 11.8 Å². The highest BCUT2D eigenvalue weighted by Crippen LogP contribution is 2.18. The molecular formula is C17H17F2N5O3S. The van der Waals surface area contributed by atoms with Gasteiger partial charge in [0.25, 0.3) is 18.2 Å². The zero-order valence-corrected chi connectivity index (χ0v) is 15.4. The number of benzene rings is 1. The molecule has 1 aromatic carbocycles. The SMILES string of the molecule is CC(N)(C(F)F)[C@H](NC(=O)c1ccc(C#Cc2cnc(N)s2)cc1)C(=O)NO. The van der Waals surface area contributed by atoms with Crippen LogP contribution in [0.15, 0.2) is 30.5 Å². The van der Waals surface area contributed by atoms with Crippen molar-refractivity contribution < 1.29 is 23.6 Å². The van der Waals surface area contributed by atoms with E-state index >= 15 is 0 Å². The summed E-state index contributed by atoms with van der Waals surface area (Å²) in [6.45, 7) is 0.892. The third-order valence-corrected chi connectivity index (χ3v) is 4.48. The number of amides is 2. The average Bonchev–Trinajstić information content (AvgIpc) is 3.09. The van der Waals surface area contributed by atoms with Gasteiger partial charge in [0.1, 0.15) is 11.6 Å². The second-order valence-corrected chi connectivity index (χ2v) is 7.00. The Morgan fingerprint density at radius 2 is 1.93 bits per heavy atom. The van der Waals surface area contributed by atoms with E-state index in [1.807, 2.05) is 0 Å². The number of carbonyl (C=O) groups excluding carboxylic acids is 2. The fourth-order valence-corrected chi connectivity index (χ4v) is 2.63. The van der Waals surface area contributed by atoms with Gasteiger partial charge in [-0.15, -0.1) is 0 Å². The van der Waals surface area contributed by atoms with E-state index in [0.717, 1.165) is 6.92 Å². The monoisotopic (exact) mass is 409 g/mol. The van der Waals surface area contributed by atoms with Crippen LogP contribution in [-0.4, -0.2) is 40.0 Å². The first-order chi connectivity index (χ1) is 13.1. The van der Waals surface area contributed by atoms with Gasteiger partial charge in [-0.25, -0.2) is 19.2 Å². The molecule has 8 nitrogen and oxygen atoms in total. The number of thiazole rings is 1. The fourth-order valence-electron chi connectivity index (χ4n) is 2.09. The lowest BCUT2D eigenvalue weighted by molar-refractivity contribution is -0.134. The van der Waals surface area contributed by atoms with Gasteiger partial charge in [-0.1, -0.05) is 17.3 Å². The molecule has 7 N–H and O–H groups in total. The molecule has 11 heteroatoms. The number of carbonyl (C=O) groups is 2. The Morgan fingerprint density at radius 1 is 1.29 bits per heavy atom. The van der Waals surface area contributed by atoms with E-state index in [-0.39, 0.29) is 5.56 Å². The highest BCUT2D eigenvalue weighted by atomic mass is 32.1. The average molecular weight is 409 g/mol. The van der Waals surface area contributed by atoms with Gasteiger partial charge in [-0.05, 0) is 37.1 Å². The van der Waals surface area contributed by atoms with Crippen LogP contribution in [-0.2, 0) is 4.79 Å². The van der Waals surface area contributed by atoms with Crippen LogP contribution in [0, 0.1) is 11.8 Å². The summed E-state index contributed by atoms with van der Waals surface area (Å²) in [5, 5.41) is 11.3. The van der Waals surface area contributed by atoms with Crippen molar-refractivity contribution >= 4 is 28.3 Å². The number of nitrogens with two attached hydrogens (primary N) is 2. The van der Waals surface area contributed by atoms with Crippen molar-refractivity contribution in [1.82, 2.24) is 15.8 Å². The number of alkyl halides is 2. The molecular weight excluding hydrogens is 392 g/mol. The maximum atomic E-state index is 13.1. The van der Waals surface area contributed by atoms with Crippen LogP contribution in [0.25, 0.3) is 0 Å². The molecule has 0 spiro atoms. The smallest absolute Gasteiger partial charge is 0.268 e. The number of nitrogens with one attached hydrogen (secondary N) is 2. The van der Waals surface area contributed by atoms with E-state index in [0.29, 0.717) is 15.6 Å². The van der Waals surface area contributed by atoms with E-state index < -0.39 is 29.8 Å². The van der Waals surface area contributed by atoms with Gasteiger partial charge in [0.2, 0.25) is 0 Å². The first kappa shape index (κ1) is 21.2. The summed E-state index contributed by atoms with van der Waals surface area (Å²) in [5.41, 5.74) is 10.5. The Balaban J connectivity index is 2.15. The van der Waals surface area contributed by atoms with Crippen LogP contribution in [0.1, 0.15) is 27.7 Å². The fraction of sp³-hybridized carbons (Fsp3) is 0.235. The number of nitrogen functional groups attached to an aromatic ring is 1. The molecule has 2 amide bonds. The maximum absolute atomic E-state index is 13.1. The summed E-state index contributed by atoms with van der Waals surface area (Å²) in [6, 6.07) is 4.04. The van der Waals surface area contributed by atoms with Crippen LogP contribution in [0.4, 0.5) is 13.9 Å². The lowest BCUT2D eigenvalue weighted by Gasteiger charge is -2.32. The van der Waals surface area contributed by atoms with Crippen molar-refractivity contribution in [3.63, 3.8) is 0 Å². The molecule has 1 unspecified atom stereocenters. The second-order valence-electron chi connectivity index (χ2n) is 5.94. The third-order valence-electron chi connectivity index (χ3n) is 3.74. The zero-order chi connectivity index (χ0) is 20.9. The number of hydrogen-bond acceptors (Lipinski definition) is 7. The number of rotatable bonds is 5. The molecule has 0 fully saturated rings. The van der Waals surface area contributed by atoms with Crippen molar-refractivity contribution in [2.75, 3.05) is 5.73 Å². The largest absolute Gasteiger partial charge is 0.375 e. The summed E-state index contributed by atoms with van der Waals surface area (Å²) < 4.78 is 26.3. The summed E-state index contributed by atoms with van der Waals surface area (Å²) in [4.78, 5) is 28.5. The van der Waals surface area contributed by atoms with E-state index in [9.17, 15) is 18.4 Å². The molecule has 2 aromatic rings. The van der Waals surface area contributed by atoms with E-state index in [1.165, 1.54) is 35.1 Å². The Bertz CT molecular complexity index is 919. The molecule has 0 aliphatic heterocycles. The molecule has 0 saturated heterocycles. The lowest BCUT2D eigenvalue weighted by Crippen LogP contribution is -2.66. The minimum absolute atomic E-state index is 0.0911. The number of halogens is 2. The molecule has 0 bridgehead atoms. The van der Waals surface area contributed by atoms with Crippen molar-refractivity contribution in [3.05, 3.63) is 46.5 Å². The van der Waals surface area contributed by atoms with Crippen LogP contribution >= 0.6 is 11.3 Å². The van der Waals surface area contributed by atoms with Gasteiger partial charge in [0.15, 0.2) is 5.13 Å². The van der Waals surface area contributed by atoms with Gasteiger partial charge >= 0.3 is 0 Å². The predicted octanol–water partition coefficient (Wildman–Crippen LogP) is 0.711. The molecule has 2 rings (SSSR count). The Kier molecular flexibility index (Phi) is 6.63. The van der Waals surface area contributed by atoms with E-state index in [4.69, 9.17) is 16.7 Å². The molecule has 0 radical (unpaired) electrons. The van der Waals surface area contributed by atoms with Crippen molar-refractivity contribution in [1.29, 1.82) is 0 Å². The molecule has 148 valence electrons. The van der Waals surface area contributed by atoms with E-state index in [2.05, 4.69) is 22.1 Å². The minimum atomic E-state index is -3.13. The molecule has 0 aliphatic rings. The second kappa shape index (κ2) is 8.75. The number of nitrogens with zero attached hydrogens (tertiary/aromatic N) is 1. The summed E-state index contributed by atoms with van der Waals surface area (Å²) in [5.74, 6) is 3.65. The normalized spacial score (nSPS) is 13.8. The highest BCUT2D eigenvalue weighted by Gasteiger charge is 2.44. The zero-order valence-electron chi connectivity index (χ0n) is 14.6. The quantitative estimate of drug-likeness (QED) is 0.280. The number of hydrogen-bond donors (Lipinski definition) is 5. The van der Waals surface area contributed by atoms with Gasteiger partial charge in [0, 0.05) is 11.1 Å². The summed E-state index contributed by atoms with van der Waals surface area (Å²) in [6.07, 6.45) is -1.60. The standard InChI is InChI=1S/C17H17F2N5O3S/c1-17(21,15(18)19)12(14(26)24-27)23-13(25)10-5-2-9(3-6-10)4-7-11-8-22-16(20)28-11/h2-3,5-6,8,12,15,27H,21H2,1H3,(H2,20,22)(H,23,25)(H,24,26)/t12-,17?/m1/s1. The molecule has 28 heavy (non-hydrogen) atoms. The van der Waals surface area contributed by atoms with Gasteiger partial charge in [0.05, 0.1) is 11.1 Å². The maximum Gasteiger partial charge on any atom is 0.268 e. The van der Waals surface area contributed by atoms with Gasteiger partial charge < -0.3 is 16.8 Å². The lowest BCUT2D eigenvalue weighted by atomic mass is 9.92. The topological polar surface area (TPSA) is 143 Å². The van der Waals surface area contributed by atoms with Crippen LogP contribution in [0.5, 0.6) is 0 Å². The number of hydroxylamine groups is 1. The minimum Gasteiger partial charge on any atom is -0.375 e. The first-order valence-corrected chi connectivity index (χ1v) is 8.62. The summed E-state index contributed by atoms with van der Waals surface area (Å²) >= 11 is 1.23. The van der Waals surface area contributed by atoms with Crippen molar-refractivity contribution in [2.45, 2.75) is 24.9 Å². The summed E-state index contributed by atoms with van der Waals surface area (Å²) in [7, 11) is 0. The van der Waals surface area contributed by atoms with Crippen LogP contribution in [0.2, 0.25) is 0 Å². The van der Waals surface area contributed by atoms with Gasteiger partial charge in [-0.2, -0.15) is 0 Å². The van der Waals surface area contributed by atoms with Crippen molar-refractivity contribution in [2.24, 2.45) is 5.73 Å². The predicted molar refractivity (Wildman–Crippen MR) is 98.7 cm³/mol. The first-order valence-electron chi connectivity index (χ1n) is 7.80. The molecule has 0 saturated carbocycles. The number of anilines is 1. The Labute approximate surface area is 162 Å². The molecule has 1 heterocycles. The molecule has 2 atom stereocenters. The van der Waals surface area contributed by atoms with Crippen LogP contribution in [0.3, 0.4) is 0 Å².